The number of benzene rings is 1. The maximum atomic E-state index is 5.86. The molecule has 0 bridgehead atoms. The highest BCUT2D eigenvalue weighted by atomic mass is 16.5. The molecule has 2 heterocycles. The summed E-state index contributed by atoms with van der Waals surface area (Å²) in [5, 5.41) is 0. The summed E-state index contributed by atoms with van der Waals surface area (Å²) in [6.45, 7) is 8.14. The van der Waals surface area contributed by atoms with Gasteiger partial charge in [0.25, 0.3) is 0 Å². The molecule has 0 aliphatic carbocycles. The van der Waals surface area contributed by atoms with Crippen LogP contribution in [-0.2, 0) is 0 Å². The van der Waals surface area contributed by atoms with E-state index < -0.39 is 0 Å². The standard InChI is InChI=1S/C17H19N3O/c1-12-16(20-10-9-18-15(20)11-19-12)13-5-7-14(8-6-13)21-17(2,3)4/h5-11H,1-4H3. The van der Waals surface area contributed by atoms with E-state index in [9.17, 15) is 0 Å². The van der Waals surface area contributed by atoms with Gasteiger partial charge in [-0.3, -0.25) is 9.38 Å². The van der Waals surface area contributed by atoms with Gasteiger partial charge in [0.05, 0.1) is 17.6 Å². The average Bonchev–Trinajstić information content (AvgIpc) is 2.86. The first-order valence-corrected chi connectivity index (χ1v) is 7.02. The summed E-state index contributed by atoms with van der Waals surface area (Å²) >= 11 is 0. The predicted molar refractivity (Wildman–Crippen MR) is 83.5 cm³/mol. The predicted octanol–water partition coefficient (Wildman–Crippen LogP) is 3.88. The first kappa shape index (κ1) is 13.6. The van der Waals surface area contributed by atoms with Crippen molar-refractivity contribution in [3.63, 3.8) is 0 Å². The minimum absolute atomic E-state index is 0.191. The molecule has 2 aromatic heterocycles. The second-order valence-corrected chi connectivity index (χ2v) is 6.09. The third-order valence-corrected chi connectivity index (χ3v) is 3.18. The van der Waals surface area contributed by atoms with E-state index in [0.717, 1.165) is 28.3 Å². The molecular formula is C17H19N3O. The number of rotatable bonds is 2. The zero-order valence-electron chi connectivity index (χ0n) is 12.8. The Morgan fingerprint density at radius 1 is 1.05 bits per heavy atom. The SMILES string of the molecule is Cc1ncc2nccn2c1-c1ccc(OC(C)(C)C)cc1. The van der Waals surface area contributed by atoms with Crippen LogP contribution in [0.3, 0.4) is 0 Å². The fourth-order valence-corrected chi connectivity index (χ4v) is 2.37. The molecule has 0 radical (unpaired) electrons. The molecule has 0 saturated carbocycles. The van der Waals surface area contributed by atoms with Crippen molar-refractivity contribution >= 4 is 5.65 Å². The van der Waals surface area contributed by atoms with Gasteiger partial charge in [-0.15, -0.1) is 0 Å². The maximum Gasteiger partial charge on any atom is 0.155 e. The van der Waals surface area contributed by atoms with Crippen LogP contribution in [0.25, 0.3) is 16.9 Å². The van der Waals surface area contributed by atoms with E-state index >= 15 is 0 Å². The normalized spacial score (nSPS) is 11.8. The molecule has 0 saturated heterocycles. The van der Waals surface area contributed by atoms with Gasteiger partial charge in [0, 0.05) is 18.0 Å². The topological polar surface area (TPSA) is 39.4 Å². The molecule has 0 atom stereocenters. The maximum absolute atomic E-state index is 5.86. The van der Waals surface area contributed by atoms with E-state index in [-0.39, 0.29) is 5.60 Å². The van der Waals surface area contributed by atoms with Gasteiger partial charge in [0.1, 0.15) is 11.4 Å². The quantitative estimate of drug-likeness (QED) is 0.715. The second-order valence-electron chi connectivity index (χ2n) is 6.09. The summed E-state index contributed by atoms with van der Waals surface area (Å²) in [6, 6.07) is 8.11. The van der Waals surface area contributed by atoms with E-state index in [1.165, 1.54) is 0 Å². The Labute approximate surface area is 124 Å². The molecule has 3 aromatic rings. The van der Waals surface area contributed by atoms with Crippen molar-refractivity contribution in [2.45, 2.75) is 33.3 Å². The fourth-order valence-electron chi connectivity index (χ4n) is 2.37. The third-order valence-electron chi connectivity index (χ3n) is 3.18. The lowest BCUT2D eigenvalue weighted by molar-refractivity contribution is 0.131. The molecule has 0 spiro atoms. The molecule has 1 aromatic carbocycles. The van der Waals surface area contributed by atoms with Gasteiger partial charge in [-0.25, -0.2) is 4.98 Å². The first-order valence-electron chi connectivity index (χ1n) is 7.02. The molecule has 4 heteroatoms. The molecule has 0 N–H and O–H groups in total. The Morgan fingerprint density at radius 2 is 1.76 bits per heavy atom. The Bertz CT molecular complexity index is 767. The van der Waals surface area contributed by atoms with Crippen molar-refractivity contribution in [2.24, 2.45) is 0 Å². The average molecular weight is 281 g/mol. The molecular weight excluding hydrogens is 262 g/mol. The molecule has 21 heavy (non-hydrogen) atoms. The van der Waals surface area contributed by atoms with Gasteiger partial charge in [-0.2, -0.15) is 0 Å². The van der Waals surface area contributed by atoms with E-state index in [2.05, 4.69) is 26.5 Å². The van der Waals surface area contributed by atoms with E-state index in [0.29, 0.717) is 0 Å². The van der Waals surface area contributed by atoms with Crippen molar-refractivity contribution in [1.82, 2.24) is 14.4 Å². The van der Waals surface area contributed by atoms with Crippen LogP contribution in [0, 0.1) is 6.92 Å². The van der Waals surface area contributed by atoms with Crippen LogP contribution in [0.1, 0.15) is 26.5 Å². The largest absolute Gasteiger partial charge is 0.488 e. The summed E-state index contributed by atoms with van der Waals surface area (Å²) in [5.74, 6) is 0.870. The highest BCUT2D eigenvalue weighted by molar-refractivity contribution is 5.65. The molecule has 108 valence electrons. The zero-order valence-corrected chi connectivity index (χ0v) is 12.8. The summed E-state index contributed by atoms with van der Waals surface area (Å²) in [6.07, 6.45) is 5.53. The lowest BCUT2D eigenvalue weighted by Crippen LogP contribution is -2.22. The number of imidazole rings is 1. The van der Waals surface area contributed by atoms with Gasteiger partial charge in [-0.05, 0) is 52.0 Å². The molecule has 4 nitrogen and oxygen atoms in total. The van der Waals surface area contributed by atoms with Crippen LogP contribution in [0.4, 0.5) is 0 Å². The molecule has 0 unspecified atom stereocenters. The van der Waals surface area contributed by atoms with Crippen molar-refractivity contribution < 1.29 is 4.74 Å². The van der Waals surface area contributed by atoms with E-state index in [1.54, 1.807) is 12.4 Å². The van der Waals surface area contributed by atoms with Crippen molar-refractivity contribution in [3.8, 4) is 17.0 Å². The lowest BCUT2D eigenvalue weighted by atomic mass is 10.1. The smallest absolute Gasteiger partial charge is 0.155 e. The Morgan fingerprint density at radius 3 is 2.43 bits per heavy atom. The summed E-state index contributed by atoms with van der Waals surface area (Å²) in [4.78, 5) is 8.71. The number of aromatic nitrogens is 3. The highest BCUT2D eigenvalue weighted by Crippen LogP contribution is 2.26. The van der Waals surface area contributed by atoms with Crippen LogP contribution in [0.2, 0.25) is 0 Å². The first-order chi connectivity index (χ1) is 9.94. The van der Waals surface area contributed by atoms with Crippen LogP contribution in [0.5, 0.6) is 5.75 Å². The van der Waals surface area contributed by atoms with Gasteiger partial charge < -0.3 is 4.74 Å². The van der Waals surface area contributed by atoms with Crippen LogP contribution >= 0.6 is 0 Å². The molecule has 0 aliphatic rings. The van der Waals surface area contributed by atoms with Gasteiger partial charge in [0.15, 0.2) is 5.65 Å². The Balaban J connectivity index is 2.03. The summed E-state index contributed by atoms with van der Waals surface area (Å²) in [7, 11) is 0. The fraction of sp³-hybridized carbons (Fsp3) is 0.294. The van der Waals surface area contributed by atoms with Gasteiger partial charge >= 0.3 is 0 Å². The minimum atomic E-state index is -0.191. The second kappa shape index (κ2) is 4.88. The zero-order chi connectivity index (χ0) is 15.0. The van der Waals surface area contributed by atoms with E-state index in [1.807, 2.05) is 46.0 Å². The summed E-state index contributed by atoms with van der Waals surface area (Å²) < 4.78 is 7.92. The monoisotopic (exact) mass is 281 g/mol. The number of hydrogen-bond acceptors (Lipinski definition) is 3. The highest BCUT2D eigenvalue weighted by Gasteiger charge is 2.13. The van der Waals surface area contributed by atoms with E-state index in [4.69, 9.17) is 4.74 Å². The van der Waals surface area contributed by atoms with Crippen LogP contribution in [0.15, 0.2) is 42.9 Å². The number of ether oxygens (including phenoxy) is 1. The van der Waals surface area contributed by atoms with Crippen molar-refractivity contribution in [1.29, 1.82) is 0 Å². The summed E-state index contributed by atoms with van der Waals surface area (Å²) in [5.41, 5.74) is 3.80. The molecule has 0 aliphatic heterocycles. The number of hydrogen-bond donors (Lipinski definition) is 0. The lowest BCUT2D eigenvalue weighted by Gasteiger charge is -2.21. The van der Waals surface area contributed by atoms with Crippen LogP contribution in [-0.4, -0.2) is 20.0 Å². The Hall–Kier alpha value is -2.36. The third kappa shape index (κ3) is 2.75. The molecule has 3 rings (SSSR count). The number of fused-ring (bicyclic) bond motifs is 1. The van der Waals surface area contributed by atoms with Crippen molar-refractivity contribution in [3.05, 3.63) is 48.5 Å². The van der Waals surface area contributed by atoms with Gasteiger partial charge in [-0.1, -0.05) is 0 Å². The number of nitrogens with zero attached hydrogens (tertiary/aromatic N) is 3. The van der Waals surface area contributed by atoms with Crippen molar-refractivity contribution in [2.75, 3.05) is 0 Å². The number of aryl methyl sites for hydroxylation is 1. The molecule has 0 amide bonds. The molecule has 0 fully saturated rings. The minimum Gasteiger partial charge on any atom is -0.488 e. The van der Waals surface area contributed by atoms with Gasteiger partial charge in [0.2, 0.25) is 0 Å². The van der Waals surface area contributed by atoms with Crippen LogP contribution < -0.4 is 4.74 Å². The Kier molecular flexibility index (Phi) is 3.16.